The number of carbonyl (C=O) groups is 2. The number of thioether (sulfide) groups is 1. The van der Waals surface area contributed by atoms with E-state index in [2.05, 4.69) is 12.2 Å². The highest BCUT2D eigenvalue weighted by molar-refractivity contribution is 8.01. The lowest BCUT2D eigenvalue weighted by atomic mass is 9.95. The zero-order valence-electron chi connectivity index (χ0n) is 20.4. The quantitative estimate of drug-likeness (QED) is 0.342. The molecule has 1 N–H and O–H groups in total. The number of nitrogens with one attached hydrogen (secondary N) is 1. The van der Waals surface area contributed by atoms with Crippen LogP contribution in [0.1, 0.15) is 36.1 Å². The molecule has 1 amide bonds. The molecule has 2 fully saturated rings. The first-order valence-corrected chi connectivity index (χ1v) is 13.0. The molecule has 2 heterocycles. The van der Waals surface area contributed by atoms with Crippen LogP contribution in [0.2, 0.25) is 0 Å². The monoisotopic (exact) mass is 502 g/mol. The van der Waals surface area contributed by atoms with Crippen molar-refractivity contribution < 1.29 is 19.1 Å². The van der Waals surface area contributed by atoms with Gasteiger partial charge in [0.05, 0.1) is 23.7 Å². The van der Waals surface area contributed by atoms with Crippen LogP contribution in [0.25, 0.3) is 0 Å². The zero-order chi connectivity index (χ0) is 25.1. The average molecular weight is 503 g/mol. The number of hydrogen-bond acceptors (Lipinski definition) is 6. The fraction of sp³-hybridized carbons (Fsp3) is 0.310. The number of methoxy groups -OCH3 is 1. The van der Waals surface area contributed by atoms with Crippen molar-refractivity contribution in [2.75, 3.05) is 13.7 Å². The van der Waals surface area contributed by atoms with Crippen LogP contribution in [-0.2, 0) is 20.9 Å². The molecule has 6 nitrogen and oxygen atoms in total. The summed E-state index contributed by atoms with van der Waals surface area (Å²) in [4.78, 5) is 28.1. The van der Waals surface area contributed by atoms with E-state index in [4.69, 9.17) is 9.47 Å². The Labute approximate surface area is 216 Å². The van der Waals surface area contributed by atoms with Gasteiger partial charge in [-0.15, -0.1) is 11.8 Å². The van der Waals surface area contributed by atoms with Gasteiger partial charge < -0.3 is 19.7 Å². The summed E-state index contributed by atoms with van der Waals surface area (Å²) < 4.78 is 10.9. The van der Waals surface area contributed by atoms with Gasteiger partial charge in [-0.3, -0.25) is 4.79 Å². The molecule has 7 heteroatoms. The van der Waals surface area contributed by atoms with Gasteiger partial charge in [0, 0.05) is 13.1 Å². The second-order valence-electron chi connectivity index (χ2n) is 9.38. The minimum absolute atomic E-state index is 0.00398. The fourth-order valence-electron chi connectivity index (χ4n) is 4.94. The number of nitrogens with zero attached hydrogens (tertiary/aromatic N) is 1. The van der Waals surface area contributed by atoms with E-state index in [-0.39, 0.29) is 17.3 Å². The lowest BCUT2D eigenvalue weighted by molar-refractivity contribution is -0.164. The SMILES string of the molecule is COc1ccc(CNC[C@]2(C)S[C@@H]3CC(=O)N3[C@H]2C(=O)OC(c2ccccc2)c2ccccc2)cc1. The smallest absolute Gasteiger partial charge is 0.331 e. The largest absolute Gasteiger partial charge is 0.497 e. The predicted molar refractivity (Wildman–Crippen MR) is 141 cm³/mol. The first kappa shape index (κ1) is 24.4. The number of amides is 1. The Morgan fingerprint density at radius 1 is 1.03 bits per heavy atom. The molecule has 0 spiro atoms. The molecule has 0 unspecified atom stereocenters. The summed E-state index contributed by atoms with van der Waals surface area (Å²) in [5.74, 6) is 0.447. The first-order valence-electron chi connectivity index (χ1n) is 12.1. The maximum atomic E-state index is 13.8. The van der Waals surface area contributed by atoms with Gasteiger partial charge in [-0.25, -0.2) is 4.79 Å². The fourth-order valence-corrected chi connectivity index (χ4v) is 6.67. The van der Waals surface area contributed by atoms with Gasteiger partial charge in [0.25, 0.3) is 0 Å². The summed E-state index contributed by atoms with van der Waals surface area (Å²) in [7, 11) is 1.65. The Kier molecular flexibility index (Phi) is 7.03. The van der Waals surface area contributed by atoms with Crippen LogP contribution >= 0.6 is 11.8 Å². The zero-order valence-corrected chi connectivity index (χ0v) is 21.2. The van der Waals surface area contributed by atoms with Crippen molar-refractivity contribution in [3.05, 3.63) is 102 Å². The van der Waals surface area contributed by atoms with Gasteiger partial charge in [-0.1, -0.05) is 72.8 Å². The van der Waals surface area contributed by atoms with E-state index in [0.717, 1.165) is 22.4 Å². The highest BCUT2D eigenvalue weighted by atomic mass is 32.2. The molecule has 5 rings (SSSR count). The van der Waals surface area contributed by atoms with E-state index in [9.17, 15) is 9.59 Å². The molecule has 0 aromatic heterocycles. The minimum atomic E-state index is -0.660. The van der Waals surface area contributed by atoms with E-state index in [0.29, 0.717) is 19.5 Å². The van der Waals surface area contributed by atoms with Gasteiger partial charge in [-0.2, -0.15) is 0 Å². The highest BCUT2D eigenvalue weighted by Gasteiger charge is 2.61. The third kappa shape index (κ3) is 4.86. The maximum Gasteiger partial charge on any atom is 0.331 e. The molecule has 0 aliphatic carbocycles. The molecule has 36 heavy (non-hydrogen) atoms. The summed E-state index contributed by atoms with van der Waals surface area (Å²) in [5.41, 5.74) is 2.91. The predicted octanol–water partition coefficient (Wildman–Crippen LogP) is 4.55. The maximum absolute atomic E-state index is 13.8. The highest BCUT2D eigenvalue weighted by Crippen LogP contribution is 2.51. The number of carbonyl (C=O) groups excluding carboxylic acids is 2. The Morgan fingerprint density at radius 3 is 2.19 bits per heavy atom. The molecule has 2 aliphatic heterocycles. The molecule has 0 bridgehead atoms. The molecular weight excluding hydrogens is 472 g/mol. The Balaban J connectivity index is 1.34. The van der Waals surface area contributed by atoms with Crippen molar-refractivity contribution in [3.63, 3.8) is 0 Å². The van der Waals surface area contributed by atoms with E-state index in [1.165, 1.54) is 0 Å². The molecule has 3 atom stereocenters. The van der Waals surface area contributed by atoms with E-state index in [1.807, 2.05) is 84.9 Å². The lowest BCUT2D eigenvalue weighted by Gasteiger charge is -2.38. The summed E-state index contributed by atoms with van der Waals surface area (Å²) >= 11 is 1.68. The normalized spacial score (nSPS) is 22.8. The van der Waals surface area contributed by atoms with Crippen LogP contribution < -0.4 is 10.1 Å². The van der Waals surface area contributed by atoms with Crippen molar-refractivity contribution in [3.8, 4) is 5.75 Å². The van der Waals surface area contributed by atoms with Crippen LogP contribution in [0, 0.1) is 0 Å². The van der Waals surface area contributed by atoms with E-state index < -0.39 is 16.9 Å². The van der Waals surface area contributed by atoms with Crippen LogP contribution in [0.15, 0.2) is 84.9 Å². The van der Waals surface area contributed by atoms with Gasteiger partial charge in [0.15, 0.2) is 6.10 Å². The van der Waals surface area contributed by atoms with E-state index >= 15 is 0 Å². The number of esters is 1. The summed E-state index contributed by atoms with van der Waals surface area (Å²) in [6.07, 6.45) is -0.0830. The van der Waals surface area contributed by atoms with Crippen LogP contribution in [-0.4, -0.2) is 46.6 Å². The summed E-state index contributed by atoms with van der Waals surface area (Å²) in [5, 5.41) is 3.51. The number of β-lactam (4-membered cyclic amide) rings is 1. The number of fused-ring (bicyclic) bond motifs is 1. The Morgan fingerprint density at radius 2 is 1.64 bits per heavy atom. The van der Waals surface area contributed by atoms with E-state index in [1.54, 1.807) is 23.8 Å². The molecule has 0 saturated carbocycles. The Bertz CT molecular complexity index is 1170. The molecule has 0 radical (unpaired) electrons. The third-order valence-electron chi connectivity index (χ3n) is 6.84. The van der Waals surface area contributed by atoms with Crippen molar-refractivity contribution in [2.24, 2.45) is 0 Å². The summed E-state index contributed by atoms with van der Waals surface area (Å²) in [6, 6.07) is 26.7. The molecular formula is C29H30N2O4S. The van der Waals surface area contributed by atoms with Crippen molar-refractivity contribution in [2.45, 2.75) is 42.2 Å². The van der Waals surface area contributed by atoms with Crippen molar-refractivity contribution in [1.29, 1.82) is 0 Å². The van der Waals surface area contributed by atoms with Gasteiger partial charge in [0.2, 0.25) is 5.91 Å². The average Bonchev–Trinajstić information content (AvgIpc) is 3.15. The van der Waals surface area contributed by atoms with Gasteiger partial charge in [-0.05, 0) is 35.7 Å². The lowest BCUT2D eigenvalue weighted by Crippen LogP contribution is -2.59. The second kappa shape index (κ2) is 10.4. The van der Waals surface area contributed by atoms with Crippen molar-refractivity contribution in [1.82, 2.24) is 10.2 Å². The number of benzene rings is 3. The summed E-state index contributed by atoms with van der Waals surface area (Å²) in [6.45, 7) is 3.26. The second-order valence-corrected chi connectivity index (χ2v) is 11.1. The Hall–Kier alpha value is -3.29. The first-order chi connectivity index (χ1) is 17.5. The van der Waals surface area contributed by atoms with Crippen LogP contribution in [0.3, 0.4) is 0 Å². The van der Waals surface area contributed by atoms with Crippen molar-refractivity contribution >= 4 is 23.6 Å². The number of rotatable bonds is 9. The molecule has 3 aromatic carbocycles. The molecule has 2 aliphatic rings. The molecule has 3 aromatic rings. The molecule has 2 saturated heterocycles. The topological polar surface area (TPSA) is 67.9 Å². The van der Waals surface area contributed by atoms with Gasteiger partial charge in [0.1, 0.15) is 11.8 Å². The van der Waals surface area contributed by atoms with Crippen LogP contribution in [0.4, 0.5) is 0 Å². The number of ether oxygens (including phenoxy) is 2. The van der Waals surface area contributed by atoms with Crippen LogP contribution in [0.5, 0.6) is 5.75 Å². The molecule has 186 valence electrons. The standard InChI is InChI=1S/C29H30N2O4S/c1-29(19-30-18-20-13-15-23(34-2)16-14-20)27(31-24(32)17-25(31)36-29)28(33)35-26(21-9-5-3-6-10-21)22-11-7-4-8-12-22/h3-16,25-27,30H,17-19H2,1-2H3/t25-,27+,29+/m1/s1. The van der Waals surface area contributed by atoms with Gasteiger partial charge >= 0.3 is 5.97 Å². The third-order valence-corrected chi connectivity index (χ3v) is 8.41. The minimum Gasteiger partial charge on any atom is -0.497 e. The number of hydrogen-bond donors (Lipinski definition) is 1.